The van der Waals surface area contributed by atoms with Crippen molar-refractivity contribution in [2.75, 3.05) is 0 Å². The van der Waals surface area contributed by atoms with E-state index in [1.807, 2.05) is 6.08 Å². The van der Waals surface area contributed by atoms with Gasteiger partial charge in [-0.25, -0.2) is 0 Å². The number of allylic oxidation sites excluding steroid dienone is 5. The molecular formula is C14H21N. The number of nitriles is 1. The predicted molar refractivity (Wildman–Crippen MR) is 66.4 cm³/mol. The van der Waals surface area contributed by atoms with Crippen LogP contribution in [0, 0.1) is 11.3 Å². The quantitative estimate of drug-likeness (QED) is 0.306. The molecule has 0 saturated heterocycles. The second-order valence-corrected chi connectivity index (χ2v) is 3.49. The van der Waals surface area contributed by atoms with E-state index >= 15 is 0 Å². The molecule has 0 rings (SSSR count). The van der Waals surface area contributed by atoms with Gasteiger partial charge in [0, 0.05) is 6.42 Å². The molecule has 0 radical (unpaired) electrons. The molecule has 0 atom stereocenters. The van der Waals surface area contributed by atoms with Crippen molar-refractivity contribution in [2.45, 2.75) is 44.9 Å². The Morgan fingerprint density at radius 2 is 1.73 bits per heavy atom. The third-order valence-corrected chi connectivity index (χ3v) is 2.10. The van der Waals surface area contributed by atoms with Crippen LogP contribution < -0.4 is 0 Å². The van der Waals surface area contributed by atoms with E-state index in [2.05, 4.69) is 37.0 Å². The average molecular weight is 203 g/mol. The zero-order chi connectivity index (χ0) is 11.2. The Morgan fingerprint density at radius 3 is 2.47 bits per heavy atom. The van der Waals surface area contributed by atoms with Crippen LogP contribution in [-0.2, 0) is 0 Å². The number of hydrogen-bond acceptors (Lipinski definition) is 1. The highest BCUT2D eigenvalue weighted by Gasteiger charge is 1.87. The molecule has 0 aliphatic carbocycles. The smallest absolute Gasteiger partial charge is 0.0621 e. The molecule has 1 nitrogen and oxygen atoms in total. The van der Waals surface area contributed by atoms with Crippen LogP contribution in [0.15, 0.2) is 37.0 Å². The summed E-state index contributed by atoms with van der Waals surface area (Å²) in [5, 5.41) is 8.33. The van der Waals surface area contributed by atoms with Crippen LogP contribution in [-0.4, -0.2) is 0 Å². The molecule has 82 valence electrons. The van der Waals surface area contributed by atoms with Crippen molar-refractivity contribution in [2.24, 2.45) is 0 Å². The second-order valence-electron chi connectivity index (χ2n) is 3.49. The summed E-state index contributed by atoms with van der Waals surface area (Å²) < 4.78 is 0. The van der Waals surface area contributed by atoms with Crippen molar-refractivity contribution < 1.29 is 0 Å². The molecule has 0 unspecified atom stereocenters. The number of unbranched alkanes of at least 4 members (excludes halogenated alkanes) is 5. The van der Waals surface area contributed by atoms with Gasteiger partial charge in [-0.2, -0.15) is 5.26 Å². The Balaban J connectivity index is 3.16. The lowest BCUT2D eigenvalue weighted by Crippen LogP contribution is -1.76. The molecule has 0 aromatic carbocycles. The zero-order valence-corrected chi connectivity index (χ0v) is 9.49. The van der Waals surface area contributed by atoms with Crippen molar-refractivity contribution >= 4 is 0 Å². The molecule has 0 spiro atoms. The van der Waals surface area contributed by atoms with Gasteiger partial charge >= 0.3 is 0 Å². The Bertz CT molecular complexity index is 230. The number of hydrogen-bond donors (Lipinski definition) is 0. The predicted octanol–water partition coefficient (Wildman–Crippen LogP) is 4.54. The van der Waals surface area contributed by atoms with E-state index in [0.717, 1.165) is 19.3 Å². The van der Waals surface area contributed by atoms with E-state index in [9.17, 15) is 0 Å². The topological polar surface area (TPSA) is 23.8 Å². The van der Waals surface area contributed by atoms with E-state index in [4.69, 9.17) is 5.26 Å². The van der Waals surface area contributed by atoms with Gasteiger partial charge < -0.3 is 0 Å². The maximum absolute atomic E-state index is 8.33. The summed E-state index contributed by atoms with van der Waals surface area (Å²) >= 11 is 0. The first-order valence-electron chi connectivity index (χ1n) is 5.71. The fraction of sp³-hybridized carbons (Fsp3) is 0.500. The largest absolute Gasteiger partial charge is 0.198 e. The van der Waals surface area contributed by atoms with Gasteiger partial charge in [0.15, 0.2) is 0 Å². The standard InChI is InChI=1S/C14H21N/c1-2-3-4-5-6-7-8-9-10-11-12-13-14-15/h2,4-7H,1,3,8-13H2/b5-4+,7-6+. The van der Waals surface area contributed by atoms with Crippen molar-refractivity contribution in [3.05, 3.63) is 37.0 Å². The fourth-order valence-electron chi connectivity index (χ4n) is 1.25. The van der Waals surface area contributed by atoms with E-state index in [1.165, 1.54) is 19.3 Å². The highest BCUT2D eigenvalue weighted by molar-refractivity contribution is 5.03. The summed E-state index contributed by atoms with van der Waals surface area (Å²) in [4.78, 5) is 0. The molecule has 0 fully saturated rings. The van der Waals surface area contributed by atoms with E-state index < -0.39 is 0 Å². The van der Waals surface area contributed by atoms with Gasteiger partial charge in [0.1, 0.15) is 0 Å². The van der Waals surface area contributed by atoms with Crippen LogP contribution in [0.25, 0.3) is 0 Å². The molecule has 0 saturated carbocycles. The van der Waals surface area contributed by atoms with Gasteiger partial charge in [-0.05, 0) is 25.7 Å². The van der Waals surface area contributed by atoms with Crippen molar-refractivity contribution in [1.29, 1.82) is 5.26 Å². The van der Waals surface area contributed by atoms with Gasteiger partial charge in [-0.1, -0.05) is 43.2 Å². The third-order valence-electron chi connectivity index (χ3n) is 2.10. The summed E-state index contributed by atoms with van der Waals surface area (Å²) in [7, 11) is 0. The minimum absolute atomic E-state index is 0.708. The molecule has 0 aromatic rings. The summed E-state index contributed by atoms with van der Waals surface area (Å²) in [5.41, 5.74) is 0. The van der Waals surface area contributed by atoms with Crippen molar-refractivity contribution in [3.63, 3.8) is 0 Å². The molecule has 15 heavy (non-hydrogen) atoms. The molecule has 0 aliphatic rings. The van der Waals surface area contributed by atoms with Crippen molar-refractivity contribution in [3.8, 4) is 6.07 Å². The minimum atomic E-state index is 0.708. The third kappa shape index (κ3) is 12.7. The lowest BCUT2D eigenvalue weighted by Gasteiger charge is -1.94. The molecule has 0 aromatic heterocycles. The van der Waals surface area contributed by atoms with Crippen LogP contribution >= 0.6 is 0 Å². The van der Waals surface area contributed by atoms with Crippen LogP contribution in [0.5, 0.6) is 0 Å². The summed E-state index contributed by atoms with van der Waals surface area (Å²) in [6, 6.07) is 2.17. The molecule has 1 heteroatoms. The van der Waals surface area contributed by atoms with E-state index in [1.54, 1.807) is 0 Å². The maximum Gasteiger partial charge on any atom is 0.0621 e. The van der Waals surface area contributed by atoms with Crippen molar-refractivity contribution in [1.82, 2.24) is 0 Å². The monoisotopic (exact) mass is 203 g/mol. The first-order chi connectivity index (χ1) is 7.41. The van der Waals surface area contributed by atoms with Gasteiger partial charge in [0.05, 0.1) is 6.07 Å². The summed E-state index contributed by atoms with van der Waals surface area (Å²) in [6.45, 7) is 3.65. The Morgan fingerprint density at radius 1 is 1.00 bits per heavy atom. The molecule has 0 amide bonds. The highest BCUT2D eigenvalue weighted by Crippen LogP contribution is 2.05. The lowest BCUT2D eigenvalue weighted by molar-refractivity contribution is 0.655. The zero-order valence-electron chi connectivity index (χ0n) is 9.49. The van der Waals surface area contributed by atoms with Crippen LogP contribution in [0.2, 0.25) is 0 Å². The van der Waals surface area contributed by atoms with Gasteiger partial charge in [0.2, 0.25) is 0 Å². The first-order valence-corrected chi connectivity index (χ1v) is 5.71. The Labute approximate surface area is 93.8 Å². The Hall–Kier alpha value is -1.29. The highest BCUT2D eigenvalue weighted by atomic mass is 14.2. The number of nitrogens with zero attached hydrogens (tertiary/aromatic N) is 1. The Kier molecular flexibility index (Phi) is 11.6. The lowest BCUT2D eigenvalue weighted by atomic mass is 10.1. The van der Waals surface area contributed by atoms with Crippen LogP contribution in [0.1, 0.15) is 44.9 Å². The van der Waals surface area contributed by atoms with E-state index in [-0.39, 0.29) is 0 Å². The van der Waals surface area contributed by atoms with Crippen LogP contribution in [0.4, 0.5) is 0 Å². The summed E-state index contributed by atoms with van der Waals surface area (Å²) in [6.07, 6.45) is 17.9. The first kappa shape index (κ1) is 13.7. The maximum atomic E-state index is 8.33. The molecule has 0 bridgehead atoms. The fourth-order valence-corrected chi connectivity index (χ4v) is 1.25. The molecule has 0 heterocycles. The number of rotatable bonds is 9. The normalized spacial score (nSPS) is 10.9. The second kappa shape index (κ2) is 12.7. The van der Waals surface area contributed by atoms with E-state index in [0.29, 0.717) is 6.42 Å². The minimum Gasteiger partial charge on any atom is -0.198 e. The van der Waals surface area contributed by atoms with Crippen LogP contribution in [0.3, 0.4) is 0 Å². The SMILES string of the molecule is C=CC/C=C/C=C/CCCCCCC#N. The van der Waals surface area contributed by atoms with Gasteiger partial charge in [0.25, 0.3) is 0 Å². The average Bonchev–Trinajstić information content (AvgIpc) is 2.26. The van der Waals surface area contributed by atoms with Gasteiger partial charge in [-0.3, -0.25) is 0 Å². The molecular weight excluding hydrogens is 182 g/mol. The summed E-state index contributed by atoms with van der Waals surface area (Å²) in [5.74, 6) is 0. The van der Waals surface area contributed by atoms with Gasteiger partial charge in [-0.15, -0.1) is 6.58 Å². The molecule has 0 N–H and O–H groups in total. The molecule has 0 aliphatic heterocycles.